The van der Waals surface area contributed by atoms with Gasteiger partial charge in [-0.15, -0.1) is 0 Å². The van der Waals surface area contributed by atoms with E-state index in [1.807, 2.05) is 0 Å². The molecule has 19 heavy (non-hydrogen) atoms. The zero-order valence-corrected chi connectivity index (χ0v) is 9.97. The smallest absolute Gasteiger partial charge is 0.335 e. The molecule has 0 fully saturated rings. The maximum atomic E-state index is 10.8. The van der Waals surface area contributed by atoms with Crippen LogP contribution in [0, 0.1) is 16.7 Å². The number of nitrogens with two attached hydrogens (primary N) is 1. The number of nitrogens with one attached hydrogen (secondary N) is 2. The number of benzene rings is 1. The lowest BCUT2D eigenvalue weighted by Gasteiger charge is -2.08. The maximum absolute atomic E-state index is 10.8. The largest absolute Gasteiger partial charge is 0.495 e. The molecule has 8 heteroatoms. The molecule has 1 aromatic carbocycles. The molecule has 8 nitrogen and oxygen atoms in total. The van der Waals surface area contributed by atoms with E-state index in [-0.39, 0.29) is 17.0 Å². The standard InChI is InChI=1S/C11H11N5O3/c1-19-9-3-2-6(11(17)18)4-7(9)15-16-8(5-12)10(13)14/h2-4,15H,1H3,(H3,13,14)(H,17,18)/b16-8+. The predicted octanol–water partition coefficient (Wildman–Crippen LogP) is 0.621. The van der Waals surface area contributed by atoms with Gasteiger partial charge in [0.05, 0.1) is 18.4 Å². The van der Waals surface area contributed by atoms with Crippen molar-refractivity contribution >= 4 is 23.2 Å². The van der Waals surface area contributed by atoms with Crippen molar-refractivity contribution in [2.45, 2.75) is 0 Å². The monoisotopic (exact) mass is 261 g/mol. The van der Waals surface area contributed by atoms with Crippen LogP contribution in [0.5, 0.6) is 5.75 Å². The van der Waals surface area contributed by atoms with Crippen LogP contribution in [-0.4, -0.2) is 29.7 Å². The number of hydrogen-bond acceptors (Lipinski definition) is 6. The fourth-order valence-corrected chi connectivity index (χ4v) is 1.19. The molecule has 0 bridgehead atoms. The lowest BCUT2D eigenvalue weighted by atomic mass is 10.2. The molecule has 0 aliphatic rings. The van der Waals surface area contributed by atoms with Gasteiger partial charge in [0.2, 0.25) is 5.71 Å². The van der Waals surface area contributed by atoms with Crippen molar-refractivity contribution in [1.29, 1.82) is 10.7 Å². The van der Waals surface area contributed by atoms with Crippen LogP contribution in [0.2, 0.25) is 0 Å². The summed E-state index contributed by atoms with van der Waals surface area (Å²) < 4.78 is 5.01. The molecule has 0 radical (unpaired) electrons. The lowest BCUT2D eigenvalue weighted by Crippen LogP contribution is -2.22. The van der Waals surface area contributed by atoms with Gasteiger partial charge in [-0.2, -0.15) is 10.4 Å². The highest BCUT2D eigenvalue weighted by Crippen LogP contribution is 2.25. The third kappa shape index (κ3) is 3.44. The fourth-order valence-electron chi connectivity index (χ4n) is 1.19. The van der Waals surface area contributed by atoms with Gasteiger partial charge in [-0.25, -0.2) is 4.79 Å². The maximum Gasteiger partial charge on any atom is 0.335 e. The Labute approximate surface area is 108 Å². The Morgan fingerprint density at radius 3 is 2.79 bits per heavy atom. The summed E-state index contributed by atoms with van der Waals surface area (Å²) in [6, 6.07) is 5.73. The summed E-state index contributed by atoms with van der Waals surface area (Å²) in [5, 5.41) is 28.2. The van der Waals surface area contributed by atoms with Gasteiger partial charge < -0.3 is 15.6 Å². The number of nitriles is 1. The summed E-state index contributed by atoms with van der Waals surface area (Å²) in [7, 11) is 1.40. The van der Waals surface area contributed by atoms with E-state index in [2.05, 4.69) is 10.5 Å². The number of ether oxygens (including phenoxy) is 1. The summed E-state index contributed by atoms with van der Waals surface area (Å²) in [6.45, 7) is 0. The molecule has 98 valence electrons. The molecule has 0 saturated heterocycles. The van der Waals surface area contributed by atoms with E-state index in [0.29, 0.717) is 5.75 Å². The molecule has 0 heterocycles. The topological polar surface area (TPSA) is 145 Å². The lowest BCUT2D eigenvalue weighted by molar-refractivity contribution is 0.0697. The van der Waals surface area contributed by atoms with Crippen LogP contribution >= 0.6 is 0 Å². The number of nitrogens with zero attached hydrogens (tertiary/aromatic N) is 2. The first-order valence-corrected chi connectivity index (χ1v) is 4.99. The fraction of sp³-hybridized carbons (Fsp3) is 0.0909. The Balaban J connectivity index is 3.12. The highest BCUT2D eigenvalue weighted by molar-refractivity contribution is 6.45. The molecule has 0 aliphatic carbocycles. The second kappa shape index (κ2) is 6.02. The van der Waals surface area contributed by atoms with Crippen LogP contribution in [0.1, 0.15) is 10.4 Å². The number of methoxy groups -OCH3 is 1. The number of carboxylic acids is 1. The zero-order chi connectivity index (χ0) is 14.4. The number of hydrazone groups is 1. The van der Waals surface area contributed by atoms with Gasteiger partial charge in [-0.05, 0) is 18.2 Å². The Hall–Kier alpha value is -3.08. The Bertz CT molecular complexity index is 588. The van der Waals surface area contributed by atoms with Crippen molar-refractivity contribution in [3.05, 3.63) is 23.8 Å². The van der Waals surface area contributed by atoms with Crippen molar-refractivity contribution in [1.82, 2.24) is 0 Å². The first-order valence-electron chi connectivity index (χ1n) is 4.99. The van der Waals surface area contributed by atoms with E-state index in [1.54, 1.807) is 6.07 Å². The zero-order valence-electron chi connectivity index (χ0n) is 9.97. The first-order chi connectivity index (χ1) is 8.99. The number of carboxylic acid groups (broad SMARTS) is 1. The summed E-state index contributed by atoms with van der Waals surface area (Å²) in [4.78, 5) is 10.8. The highest BCUT2D eigenvalue weighted by atomic mass is 16.5. The van der Waals surface area contributed by atoms with Crippen LogP contribution < -0.4 is 15.9 Å². The molecule has 0 aliphatic heterocycles. The summed E-state index contributed by atoms with van der Waals surface area (Å²) in [5.41, 5.74) is 7.53. The quantitative estimate of drug-likeness (QED) is 0.347. The second-order valence-electron chi connectivity index (χ2n) is 3.32. The average molecular weight is 261 g/mol. The average Bonchev–Trinajstić information content (AvgIpc) is 2.38. The van der Waals surface area contributed by atoms with Gasteiger partial charge >= 0.3 is 5.97 Å². The number of amidine groups is 1. The normalized spacial score (nSPS) is 10.4. The van der Waals surface area contributed by atoms with Crippen molar-refractivity contribution in [2.24, 2.45) is 10.8 Å². The molecular formula is C11H11N5O3. The second-order valence-corrected chi connectivity index (χ2v) is 3.32. The Morgan fingerprint density at radius 1 is 1.63 bits per heavy atom. The number of anilines is 1. The number of rotatable bonds is 5. The van der Waals surface area contributed by atoms with Crippen molar-refractivity contribution in [3.63, 3.8) is 0 Å². The molecular weight excluding hydrogens is 250 g/mol. The predicted molar refractivity (Wildman–Crippen MR) is 68.5 cm³/mol. The first kappa shape index (κ1) is 14.0. The van der Waals surface area contributed by atoms with Crippen LogP contribution in [-0.2, 0) is 0 Å². The SMILES string of the molecule is COc1ccc(C(=O)O)cc1N/N=C(\C#N)C(=N)N. The van der Waals surface area contributed by atoms with Crippen molar-refractivity contribution in [3.8, 4) is 11.8 Å². The molecule has 0 saturated carbocycles. The van der Waals surface area contributed by atoms with Gasteiger partial charge in [0.15, 0.2) is 5.84 Å². The minimum Gasteiger partial charge on any atom is -0.495 e. The minimum absolute atomic E-state index is 0.0276. The van der Waals surface area contributed by atoms with Crippen LogP contribution in [0.15, 0.2) is 23.3 Å². The van der Waals surface area contributed by atoms with Gasteiger partial charge in [0.1, 0.15) is 11.8 Å². The Kier molecular flexibility index (Phi) is 4.43. The van der Waals surface area contributed by atoms with E-state index >= 15 is 0 Å². The molecule has 5 N–H and O–H groups in total. The van der Waals surface area contributed by atoms with E-state index in [0.717, 1.165) is 0 Å². The molecule has 0 spiro atoms. The number of hydrogen-bond donors (Lipinski definition) is 4. The van der Waals surface area contributed by atoms with E-state index in [1.165, 1.54) is 25.3 Å². The summed E-state index contributed by atoms with van der Waals surface area (Å²) in [6.07, 6.45) is 0. The summed E-state index contributed by atoms with van der Waals surface area (Å²) in [5.74, 6) is -1.26. The molecule has 1 rings (SSSR count). The number of carbonyl (C=O) groups is 1. The third-order valence-electron chi connectivity index (χ3n) is 2.10. The third-order valence-corrected chi connectivity index (χ3v) is 2.10. The molecule has 0 atom stereocenters. The van der Waals surface area contributed by atoms with Gasteiger partial charge in [-0.3, -0.25) is 10.8 Å². The highest BCUT2D eigenvalue weighted by Gasteiger charge is 2.09. The van der Waals surface area contributed by atoms with Crippen molar-refractivity contribution in [2.75, 3.05) is 12.5 Å². The summed E-state index contributed by atoms with van der Waals surface area (Å²) >= 11 is 0. The molecule has 1 aromatic rings. The van der Waals surface area contributed by atoms with E-state index < -0.39 is 11.8 Å². The minimum atomic E-state index is -1.11. The van der Waals surface area contributed by atoms with Crippen LogP contribution in [0.3, 0.4) is 0 Å². The van der Waals surface area contributed by atoms with E-state index in [9.17, 15) is 4.79 Å². The molecule has 0 aromatic heterocycles. The van der Waals surface area contributed by atoms with Gasteiger partial charge in [0.25, 0.3) is 0 Å². The van der Waals surface area contributed by atoms with Gasteiger partial charge in [0, 0.05) is 0 Å². The van der Waals surface area contributed by atoms with Crippen LogP contribution in [0.4, 0.5) is 5.69 Å². The Morgan fingerprint density at radius 2 is 2.32 bits per heavy atom. The number of aromatic carboxylic acids is 1. The molecule has 0 unspecified atom stereocenters. The van der Waals surface area contributed by atoms with Crippen molar-refractivity contribution < 1.29 is 14.6 Å². The van der Waals surface area contributed by atoms with Crippen LogP contribution in [0.25, 0.3) is 0 Å². The van der Waals surface area contributed by atoms with E-state index in [4.69, 9.17) is 26.2 Å². The van der Waals surface area contributed by atoms with Gasteiger partial charge in [-0.1, -0.05) is 0 Å². The molecule has 0 amide bonds.